The number of nitrogens with zero attached hydrogens (tertiary/aromatic N) is 2. The highest BCUT2D eigenvalue weighted by molar-refractivity contribution is 5.97. The van der Waals surface area contributed by atoms with E-state index < -0.39 is 37.5 Å². The quantitative estimate of drug-likeness (QED) is 0.855. The van der Waals surface area contributed by atoms with Crippen LogP contribution < -0.4 is 15.4 Å². The van der Waals surface area contributed by atoms with Crippen molar-refractivity contribution >= 4 is 11.7 Å². The Hall–Kier alpha value is -2.13. The van der Waals surface area contributed by atoms with Gasteiger partial charge in [0, 0.05) is 32.0 Å². The summed E-state index contributed by atoms with van der Waals surface area (Å²) in [6.07, 6.45) is -5.43. The van der Waals surface area contributed by atoms with Crippen molar-refractivity contribution in [1.29, 1.82) is 0 Å². The van der Waals surface area contributed by atoms with E-state index in [1.807, 2.05) is 0 Å². The number of pyridine rings is 1. The highest BCUT2D eigenvalue weighted by Crippen LogP contribution is 2.32. The first-order valence-electron chi connectivity index (χ1n) is 6.71. The lowest BCUT2D eigenvalue weighted by Gasteiger charge is -2.33. The summed E-state index contributed by atoms with van der Waals surface area (Å²) in [5.41, 5.74) is 5.13. The molecule has 0 aliphatic carbocycles. The molecule has 2 heterocycles. The molecule has 0 aromatic carbocycles. The minimum absolute atomic E-state index is 0.0484. The van der Waals surface area contributed by atoms with Gasteiger partial charge in [-0.15, -0.1) is 0 Å². The molecule has 1 aromatic rings. The maximum absolute atomic E-state index is 13.2. The van der Waals surface area contributed by atoms with Crippen LogP contribution in [0.4, 0.5) is 27.8 Å². The number of aromatic nitrogens is 1. The number of hydrogen-bond donors (Lipinski definition) is 1. The summed E-state index contributed by atoms with van der Waals surface area (Å²) >= 11 is 0. The van der Waals surface area contributed by atoms with Gasteiger partial charge in [-0.25, -0.2) is 8.78 Å². The number of anilines is 1. The summed E-state index contributed by atoms with van der Waals surface area (Å²) in [6.45, 7) is -1.74. The van der Waals surface area contributed by atoms with Gasteiger partial charge in [0.15, 0.2) is 6.61 Å². The molecule has 0 unspecified atom stereocenters. The Bertz CT molecular complexity index is 581. The number of ether oxygens (including phenoxy) is 1. The molecule has 0 bridgehead atoms. The van der Waals surface area contributed by atoms with Crippen molar-refractivity contribution in [3.05, 3.63) is 17.7 Å². The standard InChI is InChI=1S/C13H14F5N3O2/c14-12(15)3-5-21(6-4-12)11-8(10(19)22)1-2-9(20-11)23-7-13(16,17)18/h1-2H,3-7H2,(H2,19,22). The van der Waals surface area contributed by atoms with Crippen LogP contribution in [0, 0.1) is 0 Å². The van der Waals surface area contributed by atoms with E-state index in [1.165, 1.54) is 11.0 Å². The summed E-state index contributed by atoms with van der Waals surface area (Å²) in [5, 5.41) is 0. The fourth-order valence-electron chi connectivity index (χ4n) is 2.15. The lowest BCUT2D eigenvalue weighted by Crippen LogP contribution is -2.40. The molecule has 2 N–H and O–H groups in total. The molecule has 23 heavy (non-hydrogen) atoms. The summed E-state index contributed by atoms with van der Waals surface area (Å²) in [7, 11) is 0. The van der Waals surface area contributed by atoms with Crippen molar-refractivity contribution in [2.45, 2.75) is 24.9 Å². The minimum atomic E-state index is -4.54. The predicted octanol–water partition coefficient (Wildman–Crippen LogP) is 2.36. The summed E-state index contributed by atoms with van der Waals surface area (Å²) < 4.78 is 67.4. The van der Waals surface area contributed by atoms with Crippen LogP contribution >= 0.6 is 0 Å². The van der Waals surface area contributed by atoms with E-state index in [0.717, 1.165) is 6.07 Å². The Kier molecular flexibility index (Phi) is 4.62. The van der Waals surface area contributed by atoms with E-state index in [0.29, 0.717) is 0 Å². The van der Waals surface area contributed by atoms with Crippen molar-refractivity contribution in [2.24, 2.45) is 5.73 Å². The first kappa shape index (κ1) is 17.2. The van der Waals surface area contributed by atoms with Crippen LogP contribution in [0.1, 0.15) is 23.2 Å². The fourth-order valence-corrected chi connectivity index (χ4v) is 2.15. The normalized spacial score (nSPS) is 17.9. The molecule has 0 atom stereocenters. The van der Waals surface area contributed by atoms with Gasteiger partial charge in [-0.2, -0.15) is 18.2 Å². The van der Waals surface area contributed by atoms with Gasteiger partial charge in [0.2, 0.25) is 5.88 Å². The van der Waals surface area contributed by atoms with Gasteiger partial charge in [-0.1, -0.05) is 0 Å². The van der Waals surface area contributed by atoms with Gasteiger partial charge in [-0.3, -0.25) is 4.79 Å². The number of piperidine rings is 1. The highest BCUT2D eigenvalue weighted by atomic mass is 19.4. The molecule has 1 amide bonds. The molecular formula is C13H14F5N3O2. The second kappa shape index (κ2) is 6.17. The van der Waals surface area contributed by atoms with E-state index in [9.17, 15) is 26.7 Å². The van der Waals surface area contributed by atoms with Crippen LogP contribution in [-0.4, -0.2) is 42.7 Å². The Morgan fingerprint density at radius 1 is 1.30 bits per heavy atom. The molecule has 1 aliphatic rings. The number of nitrogens with two attached hydrogens (primary N) is 1. The van der Waals surface area contributed by atoms with Gasteiger partial charge in [-0.05, 0) is 6.07 Å². The van der Waals surface area contributed by atoms with E-state index in [-0.39, 0.29) is 30.4 Å². The smallest absolute Gasteiger partial charge is 0.422 e. The van der Waals surface area contributed by atoms with Crippen molar-refractivity contribution in [3.8, 4) is 5.88 Å². The molecule has 1 aromatic heterocycles. The Labute approximate surface area is 128 Å². The topological polar surface area (TPSA) is 68.5 Å². The molecule has 128 valence electrons. The molecule has 1 aliphatic heterocycles. The molecule has 10 heteroatoms. The zero-order valence-electron chi connectivity index (χ0n) is 11.9. The van der Waals surface area contributed by atoms with Crippen LogP contribution in [0.3, 0.4) is 0 Å². The van der Waals surface area contributed by atoms with Crippen LogP contribution in [0.2, 0.25) is 0 Å². The molecule has 0 spiro atoms. The molecular weight excluding hydrogens is 325 g/mol. The van der Waals surface area contributed by atoms with Crippen molar-refractivity contribution in [3.63, 3.8) is 0 Å². The van der Waals surface area contributed by atoms with Crippen LogP contribution in [-0.2, 0) is 0 Å². The average Bonchev–Trinajstić information content (AvgIpc) is 2.44. The SMILES string of the molecule is NC(=O)c1ccc(OCC(F)(F)F)nc1N1CCC(F)(F)CC1. The van der Waals surface area contributed by atoms with Gasteiger partial charge < -0.3 is 15.4 Å². The van der Waals surface area contributed by atoms with Crippen LogP contribution in [0.25, 0.3) is 0 Å². The van der Waals surface area contributed by atoms with Crippen molar-refractivity contribution in [2.75, 3.05) is 24.6 Å². The first-order chi connectivity index (χ1) is 10.6. The zero-order valence-corrected chi connectivity index (χ0v) is 11.9. The molecule has 1 saturated heterocycles. The number of amides is 1. The fraction of sp³-hybridized carbons (Fsp3) is 0.538. The van der Waals surface area contributed by atoms with Crippen LogP contribution in [0.5, 0.6) is 5.88 Å². The third-order valence-corrected chi connectivity index (χ3v) is 3.29. The number of carbonyl (C=O) groups excluding carboxylic acids is 1. The molecule has 1 fully saturated rings. The molecule has 5 nitrogen and oxygen atoms in total. The number of primary amides is 1. The maximum atomic E-state index is 13.2. The van der Waals surface area contributed by atoms with Gasteiger partial charge in [0.1, 0.15) is 5.82 Å². The maximum Gasteiger partial charge on any atom is 0.422 e. The Balaban J connectivity index is 2.23. The Morgan fingerprint density at radius 3 is 2.43 bits per heavy atom. The second-order valence-corrected chi connectivity index (χ2v) is 5.13. The monoisotopic (exact) mass is 339 g/mol. The van der Waals surface area contributed by atoms with Gasteiger partial charge in [0.05, 0.1) is 5.56 Å². The molecule has 0 saturated carbocycles. The summed E-state index contributed by atoms with van der Waals surface area (Å²) in [5.74, 6) is -4.08. The van der Waals surface area contributed by atoms with E-state index in [4.69, 9.17) is 5.73 Å². The first-order valence-corrected chi connectivity index (χ1v) is 6.71. The Morgan fingerprint density at radius 2 is 1.91 bits per heavy atom. The number of halogens is 5. The van der Waals surface area contributed by atoms with E-state index >= 15 is 0 Å². The van der Waals surface area contributed by atoms with E-state index in [2.05, 4.69) is 9.72 Å². The number of rotatable bonds is 4. The number of alkyl halides is 5. The molecule has 2 rings (SSSR count). The van der Waals surface area contributed by atoms with Crippen molar-refractivity contribution in [1.82, 2.24) is 4.98 Å². The summed E-state index contributed by atoms with van der Waals surface area (Å²) in [6, 6.07) is 2.25. The van der Waals surface area contributed by atoms with Gasteiger partial charge >= 0.3 is 6.18 Å². The van der Waals surface area contributed by atoms with Crippen molar-refractivity contribution < 1.29 is 31.5 Å². The zero-order chi connectivity index (χ0) is 17.3. The average molecular weight is 339 g/mol. The lowest BCUT2D eigenvalue weighted by atomic mass is 10.1. The van der Waals surface area contributed by atoms with Crippen LogP contribution in [0.15, 0.2) is 12.1 Å². The minimum Gasteiger partial charge on any atom is -0.468 e. The third-order valence-electron chi connectivity index (χ3n) is 3.29. The largest absolute Gasteiger partial charge is 0.468 e. The second-order valence-electron chi connectivity index (χ2n) is 5.13. The molecule has 0 radical (unpaired) electrons. The van der Waals surface area contributed by atoms with E-state index in [1.54, 1.807) is 0 Å². The lowest BCUT2D eigenvalue weighted by molar-refractivity contribution is -0.154. The number of carbonyl (C=O) groups is 1. The van der Waals surface area contributed by atoms with Gasteiger partial charge in [0.25, 0.3) is 11.8 Å². The highest BCUT2D eigenvalue weighted by Gasteiger charge is 2.35. The third kappa shape index (κ3) is 4.67. The predicted molar refractivity (Wildman–Crippen MR) is 70.7 cm³/mol. The summed E-state index contributed by atoms with van der Waals surface area (Å²) in [4.78, 5) is 16.6. The number of hydrogen-bond acceptors (Lipinski definition) is 4.